The average molecular weight is 298 g/mol. The number of carbonyl (C=O) groups is 1. The number of piperidine rings is 2. The molecule has 1 saturated carbocycles. The van der Waals surface area contributed by atoms with E-state index in [1.54, 1.807) is 0 Å². The summed E-state index contributed by atoms with van der Waals surface area (Å²) in [7, 11) is 0. The van der Waals surface area contributed by atoms with Crippen LogP contribution in [0.2, 0.25) is 0 Å². The summed E-state index contributed by atoms with van der Waals surface area (Å²) in [6, 6.07) is 10.2. The third-order valence-corrected chi connectivity index (χ3v) is 5.83. The summed E-state index contributed by atoms with van der Waals surface area (Å²) in [5.74, 6) is 1.34. The van der Waals surface area contributed by atoms with Crippen molar-refractivity contribution in [2.45, 2.75) is 38.5 Å². The molecule has 1 aliphatic carbocycles. The first-order chi connectivity index (χ1) is 10.8. The number of nitrogens with zero attached hydrogens (tertiary/aromatic N) is 2. The molecule has 0 radical (unpaired) electrons. The van der Waals surface area contributed by atoms with E-state index in [9.17, 15) is 4.79 Å². The molecule has 3 nitrogen and oxygen atoms in total. The summed E-state index contributed by atoms with van der Waals surface area (Å²) in [6.07, 6.45) is 7.18. The van der Waals surface area contributed by atoms with E-state index >= 15 is 0 Å². The van der Waals surface area contributed by atoms with E-state index in [1.807, 2.05) is 23.1 Å². The van der Waals surface area contributed by atoms with Gasteiger partial charge in [-0.1, -0.05) is 18.2 Å². The van der Waals surface area contributed by atoms with Gasteiger partial charge in [-0.3, -0.25) is 4.79 Å². The third kappa shape index (κ3) is 2.67. The molecule has 2 heterocycles. The monoisotopic (exact) mass is 298 g/mol. The minimum Gasteiger partial charge on any atom is -0.312 e. The molecule has 1 aromatic rings. The molecular formula is C19H26N2O. The molecule has 4 rings (SSSR count). The Morgan fingerprint density at radius 1 is 1.00 bits per heavy atom. The lowest BCUT2D eigenvalue weighted by Crippen LogP contribution is -2.54. The average Bonchev–Trinajstić information content (AvgIpc) is 3.37. The maximum atomic E-state index is 13.2. The molecule has 0 bridgehead atoms. The summed E-state index contributed by atoms with van der Waals surface area (Å²) < 4.78 is 0. The van der Waals surface area contributed by atoms with Crippen LogP contribution >= 0.6 is 0 Å². The summed E-state index contributed by atoms with van der Waals surface area (Å²) >= 11 is 0. The van der Waals surface area contributed by atoms with Crippen molar-refractivity contribution in [3.05, 3.63) is 30.3 Å². The first-order valence-electron chi connectivity index (χ1n) is 8.86. The Labute approximate surface area is 133 Å². The van der Waals surface area contributed by atoms with Gasteiger partial charge in [0.2, 0.25) is 5.91 Å². The van der Waals surface area contributed by atoms with Gasteiger partial charge in [-0.05, 0) is 69.7 Å². The lowest BCUT2D eigenvalue weighted by molar-refractivity contribution is -0.133. The molecule has 1 spiro atoms. The molecule has 22 heavy (non-hydrogen) atoms. The highest BCUT2D eigenvalue weighted by atomic mass is 16.2. The Balaban J connectivity index is 1.46. The Hall–Kier alpha value is -1.35. The molecule has 1 aromatic carbocycles. The first kappa shape index (κ1) is 14.3. The van der Waals surface area contributed by atoms with Gasteiger partial charge in [0.15, 0.2) is 0 Å². The van der Waals surface area contributed by atoms with E-state index in [2.05, 4.69) is 17.0 Å². The van der Waals surface area contributed by atoms with Gasteiger partial charge in [0, 0.05) is 18.8 Å². The highest BCUT2D eigenvalue weighted by Crippen LogP contribution is 2.43. The second kappa shape index (κ2) is 5.69. The fourth-order valence-electron chi connectivity index (χ4n) is 4.22. The van der Waals surface area contributed by atoms with Gasteiger partial charge in [0.25, 0.3) is 0 Å². The quantitative estimate of drug-likeness (QED) is 0.855. The lowest BCUT2D eigenvalue weighted by atomic mass is 9.71. The number of carbonyl (C=O) groups excluding carboxylic acids is 1. The Kier molecular flexibility index (Phi) is 3.69. The van der Waals surface area contributed by atoms with Gasteiger partial charge < -0.3 is 9.80 Å². The van der Waals surface area contributed by atoms with E-state index < -0.39 is 0 Å². The van der Waals surface area contributed by atoms with Crippen LogP contribution in [0.25, 0.3) is 0 Å². The van der Waals surface area contributed by atoms with Crippen LogP contribution in [-0.2, 0) is 4.79 Å². The molecule has 2 aliphatic heterocycles. The van der Waals surface area contributed by atoms with Crippen LogP contribution in [0.3, 0.4) is 0 Å². The molecule has 118 valence electrons. The topological polar surface area (TPSA) is 23.6 Å². The largest absolute Gasteiger partial charge is 0.312 e. The van der Waals surface area contributed by atoms with Gasteiger partial charge >= 0.3 is 0 Å². The normalized spacial score (nSPS) is 25.6. The predicted octanol–water partition coefficient (Wildman–Crippen LogP) is 3.31. The predicted molar refractivity (Wildman–Crippen MR) is 88.9 cm³/mol. The van der Waals surface area contributed by atoms with Gasteiger partial charge in [-0.15, -0.1) is 0 Å². The molecule has 0 atom stereocenters. The fourth-order valence-corrected chi connectivity index (χ4v) is 4.22. The number of benzene rings is 1. The third-order valence-electron chi connectivity index (χ3n) is 5.83. The molecule has 2 saturated heterocycles. The van der Waals surface area contributed by atoms with E-state index in [0.29, 0.717) is 5.91 Å². The summed E-state index contributed by atoms with van der Waals surface area (Å²) in [6.45, 7) is 4.39. The minimum atomic E-state index is -0.0753. The number of para-hydroxylation sites is 1. The Morgan fingerprint density at radius 3 is 2.41 bits per heavy atom. The van der Waals surface area contributed by atoms with Gasteiger partial charge in [0.05, 0.1) is 5.41 Å². The highest BCUT2D eigenvalue weighted by molar-refractivity contribution is 5.98. The van der Waals surface area contributed by atoms with Crippen molar-refractivity contribution in [1.82, 2.24) is 4.90 Å². The maximum Gasteiger partial charge on any atom is 0.233 e. The lowest BCUT2D eigenvalue weighted by Gasteiger charge is -2.46. The SMILES string of the molecule is O=C1N(c2ccccc2)CCCC12CCN(CC1CC1)CC2. The fraction of sp³-hybridized carbons (Fsp3) is 0.632. The van der Waals surface area contributed by atoms with Crippen molar-refractivity contribution in [2.75, 3.05) is 31.1 Å². The van der Waals surface area contributed by atoms with Crippen molar-refractivity contribution in [1.29, 1.82) is 0 Å². The molecule has 0 unspecified atom stereocenters. The molecule has 0 aromatic heterocycles. The second-order valence-electron chi connectivity index (χ2n) is 7.42. The van der Waals surface area contributed by atoms with Crippen LogP contribution in [0.4, 0.5) is 5.69 Å². The van der Waals surface area contributed by atoms with Crippen molar-refractivity contribution in [3.63, 3.8) is 0 Å². The molecule has 3 fully saturated rings. The van der Waals surface area contributed by atoms with Crippen molar-refractivity contribution in [2.24, 2.45) is 11.3 Å². The van der Waals surface area contributed by atoms with E-state index in [4.69, 9.17) is 0 Å². The van der Waals surface area contributed by atoms with Gasteiger partial charge in [0.1, 0.15) is 0 Å². The summed E-state index contributed by atoms with van der Waals surface area (Å²) in [5.41, 5.74) is 1.00. The van der Waals surface area contributed by atoms with Crippen molar-refractivity contribution >= 4 is 11.6 Å². The van der Waals surface area contributed by atoms with Crippen molar-refractivity contribution in [3.8, 4) is 0 Å². The molecular weight excluding hydrogens is 272 g/mol. The number of anilines is 1. The Bertz CT molecular complexity index is 530. The first-order valence-corrected chi connectivity index (χ1v) is 8.86. The number of likely N-dealkylation sites (tertiary alicyclic amines) is 1. The van der Waals surface area contributed by atoms with Gasteiger partial charge in [-0.25, -0.2) is 0 Å². The number of hydrogen-bond donors (Lipinski definition) is 0. The van der Waals surface area contributed by atoms with Crippen molar-refractivity contribution < 1.29 is 4.79 Å². The number of amides is 1. The van der Waals surface area contributed by atoms with Crippen LogP contribution < -0.4 is 4.90 Å². The van der Waals surface area contributed by atoms with E-state index in [-0.39, 0.29) is 5.41 Å². The van der Waals surface area contributed by atoms with Crippen LogP contribution in [0, 0.1) is 11.3 Å². The molecule has 1 amide bonds. The maximum absolute atomic E-state index is 13.2. The number of hydrogen-bond acceptors (Lipinski definition) is 2. The van der Waals surface area contributed by atoms with Gasteiger partial charge in [-0.2, -0.15) is 0 Å². The number of rotatable bonds is 3. The molecule has 0 N–H and O–H groups in total. The van der Waals surface area contributed by atoms with E-state index in [1.165, 1.54) is 19.4 Å². The standard InChI is InChI=1S/C19H26N2O/c22-18-19(10-13-20(14-11-19)15-16-7-8-16)9-4-12-21(18)17-5-2-1-3-6-17/h1-3,5-6,16H,4,7-15H2. The second-order valence-corrected chi connectivity index (χ2v) is 7.42. The zero-order valence-corrected chi connectivity index (χ0v) is 13.3. The van der Waals surface area contributed by atoms with Crippen LogP contribution in [0.15, 0.2) is 30.3 Å². The van der Waals surface area contributed by atoms with E-state index in [0.717, 1.165) is 56.9 Å². The molecule has 3 aliphatic rings. The Morgan fingerprint density at radius 2 is 1.73 bits per heavy atom. The zero-order valence-electron chi connectivity index (χ0n) is 13.3. The van der Waals surface area contributed by atoms with Crippen LogP contribution in [-0.4, -0.2) is 37.0 Å². The summed E-state index contributed by atoms with van der Waals surface area (Å²) in [5, 5.41) is 0. The summed E-state index contributed by atoms with van der Waals surface area (Å²) in [4.78, 5) is 17.8. The smallest absolute Gasteiger partial charge is 0.233 e. The molecule has 3 heteroatoms. The zero-order chi connectivity index (χ0) is 15.0. The minimum absolute atomic E-state index is 0.0753. The van der Waals surface area contributed by atoms with Crippen LogP contribution in [0.5, 0.6) is 0 Å². The highest BCUT2D eigenvalue weighted by Gasteiger charge is 2.46. The van der Waals surface area contributed by atoms with Crippen LogP contribution in [0.1, 0.15) is 38.5 Å².